The second kappa shape index (κ2) is 7.12. The molecule has 1 saturated heterocycles. The van der Waals surface area contributed by atoms with Crippen LogP contribution >= 0.6 is 11.6 Å². The van der Waals surface area contributed by atoms with Gasteiger partial charge in [-0.25, -0.2) is 8.42 Å². The van der Waals surface area contributed by atoms with E-state index in [4.69, 9.17) is 11.6 Å². The van der Waals surface area contributed by atoms with Gasteiger partial charge in [0.05, 0.1) is 22.4 Å². The first kappa shape index (κ1) is 19.6. The Morgan fingerprint density at radius 3 is 2.33 bits per heavy atom. The number of nitriles is 1. The molecule has 0 aliphatic carbocycles. The molecule has 1 heterocycles. The van der Waals surface area contributed by atoms with E-state index in [-0.39, 0.29) is 11.4 Å². The van der Waals surface area contributed by atoms with E-state index in [0.29, 0.717) is 17.0 Å². The van der Waals surface area contributed by atoms with Crippen LogP contribution in [0.2, 0.25) is 5.02 Å². The maximum atomic E-state index is 13.4. The lowest BCUT2D eigenvalue weighted by molar-refractivity contribution is 0.289. The Balaban J connectivity index is 2.18. The SMILES string of the molecule is C=C1CN(S(=O)(=O)c2ccc(C)cc2)[C@@H](c2ccc(Cl)cc2)[C@]1(C#N)CC. The monoisotopic (exact) mass is 400 g/mol. The molecule has 2 atom stereocenters. The number of rotatable bonds is 4. The number of hydrogen-bond donors (Lipinski definition) is 0. The number of halogens is 1. The van der Waals surface area contributed by atoms with Crippen molar-refractivity contribution in [2.75, 3.05) is 6.54 Å². The second-order valence-electron chi connectivity index (χ2n) is 6.86. The average molecular weight is 401 g/mol. The summed E-state index contributed by atoms with van der Waals surface area (Å²) < 4.78 is 28.2. The van der Waals surface area contributed by atoms with Gasteiger partial charge in [0.2, 0.25) is 10.0 Å². The first-order valence-electron chi connectivity index (χ1n) is 8.69. The van der Waals surface area contributed by atoms with Crippen molar-refractivity contribution >= 4 is 21.6 Å². The van der Waals surface area contributed by atoms with Crippen molar-refractivity contribution in [3.05, 3.63) is 76.8 Å². The van der Waals surface area contributed by atoms with E-state index in [9.17, 15) is 13.7 Å². The van der Waals surface area contributed by atoms with Gasteiger partial charge in [-0.2, -0.15) is 9.57 Å². The maximum Gasteiger partial charge on any atom is 0.243 e. The van der Waals surface area contributed by atoms with E-state index in [2.05, 4.69) is 12.6 Å². The topological polar surface area (TPSA) is 61.2 Å². The van der Waals surface area contributed by atoms with Crippen molar-refractivity contribution in [3.8, 4) is 6.07 Å². The van der Waals surface area contributed by atoms with Crippen molar-refractivity contribution in [3.63, 3.8) is 0 Å². The van der Waals surface area contributed by atoms with Crippen LogP contribution in [0, 0.1) is 23.7 Å². The molecule has 0 radical (unpaired) electrons. The van der Waals surface area contributed by atoms with Gasteiger partial charge in [0.25, 0.3) is 0 Å². The highest BCUT2D eigenvalue weighted by Crippen LogP contribution is 2.53. The molecule has 4 nitrogen and oxygen atoms in total. The van der Waals surface area contributed by atoms with Gasteiger partial charge in [-0.15, -0.1) is 0 Å². The fourth-order valence-electron chi connectivity index (χ4n) is 3.69. The summed E-state index contributed by atoms with van der Waals surface area (Å²) in [5.74, 6) is 0. The number of hydrogen-bond acceptors (Lipinski definition) is 3. The minimum Gasteiger partial charge on any atom is -0.207 e. The van der Waals surface area contributed by atoms with Crippen molar-refractivity contribution in [2.24, 2.45) is 5.41 Å². The number of sulfonamides is 1. The van der Waals surface area contributed by atoms with Crippen LogP contribution in [0.5, 0.6) is 0 Å². The molecule has 2 aromatic rings. The summed E-state index contributed by atoms with van der Waals surface area (Å²) >= 11 is 6.01. The third-order valence-corrected chi connectivity index (χ3v) is 7.38. The van der Waals surface area contributed by atoms with Crippen molar-refractivity contribution in [2.45, 2.75) is 31.2 Å². The van der Waals surface area contributed by atoms with Gasteiger partial charge < -0.3 is 0 Å². The van der Waals surface area contributed by atoms with E-state index in [1.165, 1.54) is 4.31 Å². The molecule has 1 fully saturated rings. The van der Waals surface area contributed by atoms with Crippen LogP contribution in [-0.2, 0) is 10.0 Å². The molecule has 140 valence electrons. The minimum absolute atomic E-state index is 0.116. The first-order valence-corrected chi connectivity index (χ1v) is 10.5. The molecule has 0 unspecified atom stereocenters. The summed E-state index contributed by atoms with van der Waals surface area (Å²) in [5, 5.41) is 10.6. The van der Waals surface area contributed by atoms with E-state index >= 15 is 0 Å². The standard InChI is InChI=1S/C21H21ClN2O2S/c1-4-21(14-23)16(3)13-24(20(21)17-7-9-18(22)10-8-17)27(25,26)19-11-5-15(2)6-12-19/h5-12,20H,3-4,13H2,1-2H3/t20-,21-/m0/s1. The predicted molar refractivity (Wildman–Crippen MR) is 107 cm³/mol. The van der Waals surface area contributed by atoms with Gasteiger partial charge in [0, 0.05) is 11.6 Å². The molecule has 0 bridgehead atoms. The van der Waals surface area contributed by atoms with Crippen LogP contribution in [-0.4, -0.2) is 19.3 Å². The Bertz CT molecular complexity index is 1010. The molecule has 1 aliphatic heterocycles. The van der Waals surface area contributed by atoms with Crippen molar-refractivity contribution in [1.29, 1.82) is 5.26 Å². The third-order valence-electron chi connectivity index (χ3n) is 5.30. The molecule has 0 N–H and O–H groups in total. The molecule has 0 saturated carbocycles. The molecule has 6 heteroatoms. The van der Waals surface area contributed by atoms with Gasteiger partial charge in [0.15, 0.2) is 0 Å². The lowest BCUT2D eigenvalue weighted by Gasteiger charge is -2.32. The van der Waals surface area contributed by atoms with Gasteiger partial charge in [0.1, 0.15) is 0 Å². The average Bonchev–Trinajstić information content (AvgIpc) is 2.96. The van der Waals surface area contributed by atoms with E-state index in [1.807, 2.05) is 13.8 Å². The highest BCUT2D eigenvalue weighted by molar-refractivity contribution is 7.89. The van der Waals surface area contributed by atoms with Gasteiger partial charge >= 0.3 is 0 Å². The molecule has 2 aromatic carbocycles. The van der Waals surface area contributed by atoms with E-state index in [1.54, 1.807) is 48.5 Å². The third kappa shape index (κ3) is 3.19. The van der Waals surface area contributed by atoms with Crippen LogP contribution in [0.25, 0.3) is 0 Å². The van der Waals surface area contributed by atoms with Crippen LogP contribution in [0.3, 0.4) is 0 Å². The van der Waals surface area contributed by atoms with Crippen LogP contribution in [0.15, 0.2) is 65.6 Å². The van der Waals surface area contributed by atoms with Gasteiger partial charge in [-0.3, -0.25) is 0 Å². The Labute approximate surface area is 165 Å². The molecule has 0 spiro atoms. The van der Waals surface area contributed by atoms with Gasteiger partial charge in [-0.05, 0) is 48.7 Å². The zero-order chi connectivity index (χ0) is 19.8. The fourth-order valence-corrected chi connectivity index (χ4v) is 5.47. The van der Waals surface area contributed by atoms with Gasteiger partial charge in [-0.1, -0.05) is 54.9 Å². The Hall–Kier alpha value is -2.13. The largest absolute Gasteiger partial charge is 0.243 e. The van der Waals surface area contributed by atoms with E-state index in [0.717, 1.165) is 11.1 Å². The quantitative estimate of drug-likeness (QED) is 0.688. The fraction of sp³-hybridized carbons (Fsp3) is 0.286. The molecule has 27 heavy (non-hydrogen) atoms. The first-order chi connectivity index (χ1) is 12.8. The van der Waals surface area contributed by atoms with E-state index < -0.39 is 21.5 Å². The second-order valence-corrected chi connectivity index (χ2v) is 9.18. The Morgan fingerprint density at radius 1 is 1.22 bits per heavy atom. The van der Waals surface area contributed by atoms with Crippen LogP contribution in [0.4, 0.5) is 0 Å². The lowest BCUT2D eigenvalue weighted by Crippen LogP contribution is -2.35. The Morgan fingerprint density at radius 2 is 1.81 bits per heavy atom. The summed E-state index contributed by atoms with van der Waals surface area (Å²) in [6.45, 7) is 7.97. The zero-order valence-corrected chi connectivity index (χ0v) is 16.9. The molecule has 0 amide bonds. The molecule has 3 rings (SSSR count). The molecular weight excluding hydrogens is 380 g/mol. The summed E-state index contributed by atoms with van der Waals surface area (Å²) in [6, 6.07) is 15.5. The summed E-state index contributed by atoms with van der Waals surface area (Å²) in [4.78, 5) is 0.213. The van der Waals surface area contributed by atoms with Crippen LogP contribution < -0.4 is 0 Å². The molecule has 0 aromatic heterocycles. The number of aryl methyl sites for hydroxylation is 1. The van der Waals surface area contributed by atoms with Crippen molar-refractivity contribution in [1.82, 2.24) is 4.31 Å². The smallest absolute Gasteiger partial charge is 0.207 e. The Kier molecular flexibility index (Phi) is 5.18. The summed E-state index contributed by atoms with van der Waals surface area (Å²) in [7, 11) is -3.80. The number of nitrogens with zero attached hydrogens (tertiary/aromatic N) is 2. The highest BCUT2D eigenvalue weighted by Gasteiger charge is 2.54. The summed E-state index contributed by atoms with van der Waals surface area (Å²) in [6.07, 6.45) is 0.468. The summed E-state index contributed by atoms with van der Waals surface area (Å²) in [5.41, 5.74) is 1.35. The maximum absolute atomic E-state index is 13.4. The minimum atomic E-state index is -3.80. The van der Waals surface area contributed by atoms with Crippen molar-refractivity contribution < 1.29 is 8.42 Å². The molecule has 1 aliphatic rings. The lowest BCUT2D eigenvalue weighted by atomic mass is 9.74. The zero-order valence-electron chi connectivity index (χ0n) is 15.3. The predicted octanol–water partition coefficient (Wildman–Crippen LogP) is 4.87. The molecular formula is C21H21ClN2O2S. The normalized spacial score (nSPS) is 23.3. The number of benzene rings is 2. The highest BCUT2D eigenvalue weighted by atomic mass is 35.5. The van der Waals surface area contributed by atoms with Crippen LogP contribution in [0.1, 0.15) is 30.5 Å².